The van der Waals surface area contributed by atoms with Crippen molar-refractivity contribution >= 4 is 24.7 Å². The first-order valence-electron chi connectivity index (χ1n) is 7.35. The van der Waals surface area contributed by atoms with Crippen molar-refractivity contribution in [3.05, 3.63) is 0 Å². The van der Waals surface area contributed by atoms with Gasteiger partial charge in [-0.05, 0) is 68.7 Å². The number of halogens is 1. The van der Waals surface area contributed by atoms with Gasteiger partial charge in [0.2, 0.25) is 0 Å². The lowest BCUT2D eigenvalue weighted by molar-refractivity contribution is -0.0752. The zero-order valence-corrected chi connectivity index (χ0v) is 17.3. The standard InChI is InChI=1S/C15H33BrO3Si/c1-13(2,3)17-20(12-10-11-16,18-14(4,5)6)19-15(7,8)9/h10-12H2,1-9H3. The van der Waals surface area contributed by atoms with E-state index in [-0.39, 0.29) is 16.8 Å². The summed E-state index contributed by atoms with van der Waals surface area (Å²) in [6, 6.07) is 0.823. The Kier molecular flexibility index (Phi) is 7.43. The topological polar surface area (TPSA) is 27.7 Å². The quantitative estimate of drug-likeness (QED) is 0.478. The molecule has 0 aromatic carbocycles. The molecule has 0 N–H and O–H groups in total. The van der Waals surface area contributed by atoms with Crippen molar-refractivity contribution in [1.82, 2.24) is 0 Å². The molecule has 0 aromatic rings. The second-order valence-electron chi connectivity index (χ2n) is 8.12. The Balaban J connectivity index is 5.38. The minimum Gasteiger partial charge on any atom is -0.368 e. The van der Waals surface area contributed by atoms with Crippen molar-refractivity contribution in [2.24, 2.45) is 0 Å². The van der Waals surface area contributed by atoms with Crippen molar-refractivity contribution < 1.29 is 13.3 Å². The maximum absolute atomic E-state index is 6.35. The van der Waals surface area contributed by atoms with Gasteiger partial charge in [-0.3, -0.25) is 0 Å². The molecule has 0 radical (unpaired) electrons. The summed E-state index contributed by atoms with van der Waals surface area (Å²) in [4.78, 5) is 0. The predicted molar refractivity (Wildman–Crippen MR) is 91.5 cm³/mol. The number of hydrogen-bond acceptors (Lipinski definition) is 3. The molecular weight excluding hydrogens is 336 g/mol. The Bertz CT molecular complexity index is 246. The molecule has 0 fully saturated rings. The molecule has 0 aliphatic carbocycles. The molecule has 0 aliphatic heterocycles. The van der Waals surface area contributed by atoms with Gasteiger partial charge >= 0.3 is 8.80 Å². The van der Waals surface area contributed by atoms with Gasteiger partial charge in [-0.25, -0.2) is 0 Å². The van der Waals surface area contributed by atoms with E-state index in [1.807, 2.05) is 0 Å². The summed E-state index contributed by atoms with van der Waals surface area (Å²) in [5.74, 6) is 0. The molecule has 0 heterocycles. The fourth-order valence-electron chi connectivity index (χ4n) is 1.90. The van der Waals surface area contributed by atoms with Crippen LogP contribution in [0.25, 0.3) is 0 Å². The van der Waals surface area contributed by atoms with Crippen LogP contribution in [0.3, 0.4) is 0 Å². The Hall–Kier alpha value is 0.577. The largest absolute Gasteiger partial charge is 0.502 e. The van der Waals surface area contributed by atoms with Crippen LogP contribution in [0.1, 0.15) is 68.7 Å². The minimum absolute atomic E-state index is 0.283. The van der Waals surface area contributed by atoms with E-state index in [1.165, 1.54) is 0 Å². The van der Waals surface area contributed by atoms with Gasteiger partial charge in [0.25, 0.3) is 0 Å². The van der Waals surface area contributed by atoms with Crippen molar-refractivity contribution in [3.63, 3.8) is 0 Å². The number of alkyl halides is 1. The maximum atomic E-state index is 6.35. The monoisotopic (exact) mass is 368 g/mol. The highest BCUT2D eigenvalue weighted by Crippen LogP contribution is 2.32. The average Bonchev–Trinajstić information content (AvgIpc) is 2.05. The van der Waals surface area contributed by atoms with Crippen LogP contribution >= 0.6 is 15.9 Å². The molecule has 0 saturated heterocycles. The minimum atomic E-state index is -2.75. The highest BCUT2D eigenvalue weighted by Gasteiger charge is 2.49. The smallest absolute Gasteiger partial charge is 0.368 e. The van der Waals surface area contributed by atoms with Crippen molar-refractivity contribution in [1.29, 1.82) is 0 Å². The Labute approximate surface area is 135 Å². The lowest BCUT2D eigenvalue weighted by atomic mass is 10.2. The van der Waals surface area contributed by atoms with Crippen molar-refractivity contribution in [3.8, 4) is 0 Å². The van der Waals surface area contributed by atoms with E-state index in [1.54, 1.807) is 0 Å². The van der Waals surface area contributed by atoms with Crippen molar-refractivity contribution in [2.45, 2.75) is 91.6 Å². The molecule has 0 aromatic heterocycles. The van der Waals surface area contributed by atoms with Gasteiger partial charge in [-0.15, -0.1) is 0 Å². The fraction of sp³-hybridized carbons (Fsp3) is 1.00. The van der Waals surface area contributed by atoms with Gasteiger partial charge in [0.1, 0.15) is 0 Å². The molecule has 5 heteroatoms. The van der Waals surface area contributed by atoms with E-state index in [0.717, 1.165) is 17.8 Å². The summed E-state index contributed by atoms with van der Waals surface area (Å²) in [5, 5.41) is 0.927. The van der Waals surface area contributed by atoms with Gasteiger partial charge in [0, 0.05) is 11.4 Å². The molecule has 0 atom stereocenters. The summed E-state index contributed by atoms with van der Waals surface area (Å²) < 4.78 is 19.1. The summed E-state index contributed by atoms with van der Waals surface area (Å²) in [7, 11) is -2.75. The molecule has 20 heavy (non-hydrogen) atoms. The van der Waals surface area contributed by atoms with Crippen LogP contribution in [0.15, 0.2) is 0 Å². The molecule has 0 bridgehead atoms. The van der Waals surface area contributed by atoms with Gasteiger partial charge in [0.15, 0.2) is 0 Å². The molecule has 0 unspecified atom stereocenters. The molecule has 3 nitrogen and oxygen atoms in total. The van der Waals surface area contributed by atoms with E-state index in [2.05, 4.69) is 78.2 Å². The van der Waals surface area contributed by atoms with E-state index in [4.69, 9.17) is 13.3 Å². The van der Waals surface area contributed by atoms with Crippen LogP contribution in [0, 0.1) is 0 Å². The summed E-state index contributed by atoms with van der Waals surface area (Å²) in [5.41, 5.74) is -0.848. The third-order valence-corrected chi connectivity index (χ3v) is 6.30. The number of rotatable bonds is 6. The zero-order valence-electron chi connectivity index (χ0n) is 14.7. The van der Waals surface area contributed by atoms with Crippen molar-refractivity contribution in [2.75, 3.05) is 5.33 Å². The van der Waals surface area contributed by atoms with Gasteiger partial charge < -0.3 is 13.3 Å². The first-order valence-corrected chi connectivity index (χ1v) is 10.4. The van der Waals surface area contributed by atoms with E-state index in [0.29, 0.717) is 0 Å². The Morgan fingerprint density at radius 2 is 1.00 bits per heavy atom. The lowest BCUT2D eigenvalue weighted by Gasteiger charge is -2.43. The highest BCUT2D eigenvalue weighted by atomic mass is 79.9. The van der Waals surface area contributed by atoms with E-state index < -0.39 is 8.80 Å². The molecule has 0 saturated carbocycles. The lowest BCUT2D eigenvalue weighted by Crippen LogP contribution is -2.57. The number of hydrogen-bond donors (Lipinski definition) is 0. The SMILES string of the molecule is CC(C)(C)O[Si](CCCBr)(OC(C)(C)C)OC(C)(C)C. The van der Waals surface area contributed by atoms with E-state index in [9.17, 15) is 0 Å². The molecule has 0 aliphatic rings. The summed E-state index contributed by atoms with van der Waals surface area (Å²) >= 11 is 3.50. The first-order chi connectivity index (χ1) is 8.68. The van der Waals surface area contributed by atoms with Crippen LogP contribution < -0.4 is 0 Å². The molecular formula is C15H33BrO3Si. The van der Waals surface area contributed by atoms with Crippen LogP contribution in [0.2, 0.25) is 6.04 Å². The molecule has 0 amide bonds. The third-order valence-electron chi connectivity index (χ3n) is 2.00. The van der Waals surface area contributed by atoms with Crippen LogP contribution in [0.5, 0.6) is 0 Å². The Morgan fingerprint density at radius 3 is 1.20 bits per heavy atom. The first kappa shape index (κ1) is 20.6. The molecule has 0 spiro atoms. The van der Waals surface area contributed by atoms with Crippen LogP contribution in [0.4, 0.5) is 0 Å². The normalized spacial score (nSPS) is 14.7. The van der Waals surface area contributed by atoms with E-state index >= 15 is 0 Å². The molecule has 0 rings (SSSR count). The predicted octanol–water partition coefficient (Wildman–Crippen LogP) is 5.16. The average molecular weight is 369 g/mol. The summed E-state index contributed by atoms with van der Waals surface area (Å²) in [6.45, 7) is 18.5. The van der Waals surface area contributed by atoms with Crippen LogP contribution in [-0.4, -0.2) is 30.9 Å². The van der Waals surface area contributed by atoms with Crippen LogP contribution in [-0.2, 0) is 13.3 Å². The second-order valence-corrected chi connectivity index (χ2v) is 11.4. The molecule has 122 valence electrons. The zero-order chi connectivity index (χ0) is 16.2. The van der Waals surface area contributed by atoms with Gasteiger partial charge in [0.05, 0.1) is 16.8 Å². The van der Waals surface area contributed by atoms with Gasteiger partial charge in [-0.1, -0.05) is 15.9 Å². The third kappa shape index (κ3) is 10.3. The fourth-order valence-corrected chi connectivity index (χ4v) is 6.54. The Morgan fingerprint density at radius 1 is 0.700 bits per heavy atom. The highest BCUT2D eigenvalue weighted by molar-refractivity contribution is 9.09. The second kappa shape index (κ2) is 7.23. The summed E-state index contributed by atoms with van der Waals surface area (Å²) in [6.07, 6.45) is 0.981. The van der Waals surface area contributed by atoms with Gasteiger partial charge in [-0.2, -0.15) is 0 Å². The maximum Gasteiger partial charge on any atom is 0.502 e.